The lowest BCUT2D eigenvalue weighted by atomic mass is 10.1. The molecule has 0 saturated heterocycles. The third-order valence-electron chi connectivity index (χ3n) is 5.04. The summed E-state index contributed by atoms with van der Waals surface area (Å²) in [7, 11) is 3.11. The quantitative estimate of drug-likeness (QED) is 0.494. The monoisotopic (exact) mass is 415 g/mol. The van der Waals surface area contributed by atoms with Crippen LogP contribution in [0.3, 0.4) is 0 Å². The molecular weight excluding hydrogens is 394 g/mol. The number of anilines is 1. The number of benzene rings is 3. The van der Waals surface area contributed by atoms with Crippen molar-refractivity contribution in [3.05, 3.63) is 88.1 Å². The van der Waals surface area contributed by atoms with Crippen LogP contribution in [-0.4, -0.2) is 20.1 Å². The minimum Gasteiger partial charge on any atom is -0.493 e. The van der Waals surface area contributed by atoms with Gasteiger partial charge in [0.05, 0.1) is 19.6 Å². The van der Waals surface area contributed by atoms with Crippen molar-refractivity contribution in [1.29, 1.82) is 0 Å². The molecule has 0 spiro atoms. The van der Waals surface area contributed by atoms with Gasteiger partial charge in [0.15, 0.2) is 16.9 Å². The van der Waals surface area contributed by atoms with E-state index in [1.165, 1.54) is 6.07 Å². The fourth-order valence-electron chi connectivity index (χ4n) is 3.39. The van der Waals surface area contributed by atoms with E-state index in [1.54, 1.807) is 56.7 Å². The van der Waals surface area contributed by atoms with Gasteiger partial charge in [0.25, 0.3) is 5.91 Å². The second-order valence-electron chi connectivity index (χ2n) is 7.02. The third-order valence-corrected chi connectivity index (χ3v) is 5.04. The van der Waals surface area contributed by atoms with Gasteiger partial charge in [-0.15, -0.1) is 0 Å². The van der Waals surface area contributed by atoms with Crippen LogP contribution in [0.15, 0.2) is 75.9 Å². The van der Waals surface area contributed by atoms with E-state index < -0.39 is 0 Å². The van der Waals surface area contributed by atoms with Gasteiger partial charge >= 0.3 is 0 Å². The second kappa shape index (κ2) is 8.36. The third kappa shape index (κ3) is 4.00. The molecule has 0 aliphatic rings. The van der Waals surface area contributed by atoms with E-state index >= 15 is 0 Å². The second-order valence-corrected chi connectivity index (χ2v) is 7.02. The maximum atomic E-state index is 12.8. The smallest absolute Gasteiger partial charge is 0.255 e. The Morgan fingerprint density at radius 1 is 0.903 bits per heavy atom. The van der Waals surface area contributed by atoms with Crippen molar-refractivity contribution in [3.8, 4) is 22.8 Å². The molecule has 0 atom stereocenters. The van der Waals surface area contributed by atoms with Crippen LogP contribution in [0, 0.1) is 6.92 Å². The Bertz CT molecular complexity index is 1340. The topological polar surface area (TPSA) is 77.8 Å². The van der Waals surface area contributed by atoms with E-state index in [-0.39, 0.29) is 11.3 Å². The molecule has 0 saturated carbocycles. The van der Waals surface area contributed by atoms with Gasteiger partial charge in [-0.3, -0.25) is 9.59 Å². The maximum absolute atomic E-state index is 12.8. The van der Waals surface area contributed by atoms with Gasteiger partial charge in [0, 0.05) is 22.9 Å². The van der Waals surface area contributed by atoms with Gasteiger partial charge < -0.3 is 19.2 Å². The van der Waals surface area contributed by atoms with Crippen LogP contribution < -0.4 is 20.2 Å². The molecule has 4 aromatic rings. The van der Waals surface area contributed by atoms with Gasteiger partial charge in [-0.2, -0.15) is 0 Å². The lowest BCUT2D eigenvalue weighted by Gasteiger charge is -2.10. The number of nitrogens with one attached hydrogen (secondary N) is 1. The highest BCUT2D eigenvalue weighted by Crippen LogP contribution is 2.33. The molecule has 31 heavy (non-hydrogen) atoms. The lowest BCUT2D eigenvalue weighted by molar-refractivity contribution is 0.102. The minimum atomic E-state index is -0.233. The molecule has 1 aromatic heterocycles. The van der Waals surface area contributed by atoms with Gasteiger partial charge in [0.1, 0.15) is 11.3 Å². The normalized spacial score (nSPS) is 10.7. The van der Waals surface area contributed by atoms with Crippen LogP contribution in [-0.2, 0) is 0 Å². The fourth-order valence-corrected chi connectivity index (χ4v) is 3.39. The molecule has 0 radical (unpaired) electrons. The predicted molar refractivity (Wildman–Crippen MR) is 120 cm³/mol. The molecular formula is C25H21NO5. The first-order valence-electron chi connectivity index (χ1n) is 9.67. The standard InChI is InChI=1S/C25H21NO5/c1-15-6-4-5-7-18(15)25(28)26-17-9-11-21-19(13-17)20(27)14-23(31-21)16-8-10-22(29-2)24(12-16)30-3/h4-14H,1-3H3,(H,26,28). The first kappa shape index (κ1) is 20.2. The van der Waals surface area contributed by atoms with E-state index in [9.17, 15) is 9.59 Å². The van der Waals surface area contributed by atoms with Crippen molar-refractivity contribution in [1.82, 2.24) is 0 Å². The van der Waals surface area contributed by atoms with Gasteiger partial charge in [-0.25, -0.2) is 0 Å². The molecule has 0 aliphatic carbocycles. The van der Waals surface area contributed by atoms with Crippen LogP contribution >= 0.6 is 0 Å². The largest absolute Gasteiger partial charge is 0.493 e. The first-order valence-corrected chi connectivity index (χ1v) is 9.67. The Morgan fingerprint density at radius 3 is 2.42 bits per heavy atom. The summed E-state index contributed by atoms with van der Waals surface area (Å²) in [5.41, 5.74) is 2.88. The number of carbonyl (C=O) groups excluding carboxylic acids is 1. The summed E-state index contributed by atoms with van der Waals surface area (Å²) in [6, 6.07) is 19.1. The summed E-state index contributed by atoms with van der Waals surface area (Å²) < 4.78 is 16.5. The van der Waals surface area contributed by atoms with E-state index in [4.69, 9.17) is 13.9 Å². The highest BCUT2D eigenvalue weighted by atomic mass is 16.5. The fraction of sp³-hybridized carbons (Fsp3) is 0.120. The Morgan fingerprint density at radius 2 is 1.68 bits per heavy atom. The molecule has 1 N–H and O–H groups in total. The number of hydrogen-bond acceptors (Lipinski definition) is 5. The molecule has 0 aliphatic heterocycles. The summed E-state index contributed by atoms with van der Waals surface area (Å²) >= 11 is 0. The van der Waals surface area contributed by atoms with Crippen LogP contribution in [0.1, 0.15) is 15.9 Å². The molecule has 1 heterocycles. The zero-order valence-corrected chi connectivity index (χ0v) is 17.4. The lowest BCUT2D eigenvalue weighted by Crippen LogP contribution is -2.13. The molecule has 1 amide bonds. The SMILES string of the molecule is COc1ccc(-c2cc(=O)c3cc(NC(=O)c4ccccc4C)ccc3o2)cc1OC. The highest BCUT2D eigenvalue weighted by molar-refractivity contribution is 6.06. The van der Waals surface area contributed by atoms with Crippen molar-refractivity contribution in [3.63, 3.8) is 0 Å². The number of hydrogen-bond donors (Lipinski definition) is 1. The van der Waals surface area contributed by atoms with Gasteiger partial charge in [-0.1, -0.05) is 18.2 Å². The van der Waals surface area contributed by atoms with E-state index in [0.29, 0.717) is 45.0 Å². The average molecular weight is 415 g/mol. The van der Waals surface area contributed by atoms with Crippen LogP contribution in [0.5, 0.6) is 11.5 Å². The van der Waals surface area contributed by atoms with E-state index in [0.717, 1.165) is 5.56 Å². The molecule has 6 nitrogen and oxygen atoms in total. The molecule has 6 heteroatoms. The van der Waals surface area contributed by atoms with E-state index in [2.05, 4.69) is 5.32 Å². The molecule has 3 aromatic carbocycles. The highest BCUT2D eigenvalue weighted by Gasteiger charge is 2.13. The first-order chi connectivity index (χ1) is 15.0. The Labute approximate surface area is 179 Å². The van der Waals surface area contributed by atoms with Crippen LogP contribution in [0.2, 0.25) is 0 Å². The zero-order chi connectivity index (χ0) is 22.0. The number of fused-ring (bicyclic) bond motifs is 1. The summed E-state index contributed by atoms with van der Waals surface area (Å²) in [5.74, 6) is 1.30. The Hall–Kier alpha value is -4.06. The number of rotatable bonds is 5. The van der Waals surface area contributed by atoms with Crippen molar-refractivity contribution in [2.45, 2.75) is 6.92 Å². The Balaban J connectivity index is 1.68. The number of carbonyl (C=O) groups is 1. The summed E-state index contributed by atoms with van der Waals surface area (Å²) in [6.45, 7) is 1.87. The maximum Gasteiger partial charge on any atom is 0.255 e. The predicted octanol–water partition coefficient (Wildman–Crippen LogP) is 5.04. The summed E-state index contributed by atoms with van der Waals surface area (Å²) in [5, 5.41) is 3.22. The molecule has 0 unspecified atom stereocenters. The van der Waals surface area contributed by atoms with Gasteiger partial charge in [-0.05, 0) is 55.0 Å². The van der Waals surface area contributed by atoms with Crippen molar-refractivity contribution in [2.24, 2.45) is 0 Å². The molecule has 156 valence electrons. The average Bonchev–Trinajstić information content (AvgIpc) is 2.79. The van der Waals surface area contributed by atoms with Crippen LogP contribution in [0.25, 0.3) is 22.3 Å². The summed E-state index contributed by atoms with van der Waals surface area (Å²) in [6.07, 6.45) is 0. The number of amides is 1. The molecule has 4 rings (SSSR count). The molecule has 0 bridgehead atoms. The van der Waals surface area contributed by atoms with E-state index in [1.807, 2.05) is 25.1 Å². The number of ether oxygens (including phenoxy) is 2. The number of methoxy groups -OCH3 is 2. The molecule has 0 fully saturated rings. The van der Waals surface area contributed by atoms with Gasteiger partial charge in [0.2, 0.25) is 0 Å². The van der Waals surface area contributed by atoms with Crippen molar-refractivity contribution in [2.75, 3.05) is 19.5 Å². The number of aryl methyl sites for hydroxylation is 1. The minimum absolute atomic E-state index is 0.210. The summed E-state index contributed by atoms with van der Waals surface area (Å²) in [4.78, 5) is 25.4. The Kier molecular flexibility index (Phi) is 5.45. The van der Waals surface area contributed by atoms with Crippen LogP contribution in [0.4, 0.5) is 5.69 Å². The zero-order valence-electron chi connectivity index (χ0n) is 17.4. The van der Waals surface area contributed by atoms with Crippen molar-refractivity contribution >= 4 is 22.6 Å². The van der Waals surface area contributed by atoms with Crippen molar-refractivity contribution < 1.29 is 18.7 Å².